The molecule has 2 bridgehead atoms. The van der Waals surface area contributed by atoms with E-state index < -0.39 is 5.82 Å². The van der Waals surface area contributed by atoms with Gasteiger partial charge in [0.25, 0.3) is 0 Å². The molecule has 1 saturated carbocycles. The number of pyridine rings is 2. The molecule has 8 heteroatoms. The van der Waals surface area contributed by atoms with Crippen molar-refractivity contribution < 1.29 is 9.13 Å². The summed E-state index contributed by atoms with van der Waals surface area (Å²) in [5, 5.41) is 14.7. The molecule has 9 rings (SSSR count). The van der Waals surface area contributed by atoms with E-state index >= 15 is 4.39 Å². The first-order valence-electron chi connectivity index (χ1n) is 16.2. The number of fused-ring (bicyclic) bond motifs is 5. The minimum Gasteiger partial charge on any atom is -0.472 e. The lowest BCUT2D eigenvalue weighted by molar-refractivity contribution is 0.119. The van der Waals surface area contributed by atoms with Crippen LogP contribution in [0, 0.1) is 30.0 Å². The summed E-state index contributed by atoms with van der Waals surface area (Å²) < 4.78 is 26.0. The molecule has 0 amide bonds. The summed E-state index contributed by atoms with van der Waals surface area (Å²) in [4.78, 5) is 20.8. The van der Waals surface area contributed by atoms with Gasteiger partial charge in [-0.05, 0) is 100 Å². The van der Waals surface area contributed by atoms with Crippen molar-refractivity contribution in [2.24, 2.45) is 5.92 Å². The maximum absolute atomic E-state index is 17.2. The Morgan fingerprint density at radius 1 is 1.23 bits per heavy atom. The molecule has 5 aliphatic rings. The zero-order chi connectivity index (χ0) is 30.3. The Hall–Kier alpha value is -3.80. The van der Waals surface area contributed by atoms with E-state index in [9.17, 15) is 10.1 Å². The summed E-state index contributed by atoms with van der Waals surface area (Å²) in [6, 6.07) is 12.8. The molecule has 3 saturated heterocycles. The van der Waals surface area contributed by atoms with Gasteiger partial charge in [-0.2, -0.15) is 5.26 Å². The normalized spacial score (nSPS) is 26.8. The van der Waals surface area contributed by atoms with Crippen LogP contribution in [-0.4, -0.2) is 52.8 Å². The Kier molecular flexibility index (Phi) is 6.55. The van der Waals surface area contributed by atoms with Crippen LogP contribution in [0.3, 0.4) is 0 Å². The number of rotatable bonds is 5. The summed E-state index contributed by atoms with van der Waals surface area (Å²) in [5.41, 5.74) is 4.81. The van der Waals surface area contributed by atoms with Gasteiger partial charge in [-0.3, -0.25) is 9.69 Å². The Bertz CT molecular complexity index is 1910. The molecule has 226 valence electrons. The van der Waals surface area contributed by atoms with Crippen LogP contribution in [-0.2, 0) is 6.42 Å². The monoisotopic (exact) mass is 591 g/mol. The molecule has 0 spiro atoms. The lowest BCUT2D eigenvalue weighted by atomic mass is 9.78. The Morgan fingerprint density at radius 2 is 2.09 bits per heavy atom. The van der Waals surface area contributed by atoms with Gasteiger partial charge in [-0.1, -0.05) is 18.2 Å². The number of halogens is 1. The molecule has 2 unspecified atom stereocenters. The molecule has 7 nitrogen and oxygen atoms in total. The highest BCUT2D eigenvalue weighted by Gasteiger charge is 2.48. The van der Waals surface area contributed by atoms with Gasteiger partial charge in [0, 0.05) is 41.8 Å². The lowest BCUT2D eigenvalue weighted by Crippen LogP contribution is -2.39. The van der Waals surface area contributed by atoms with Gasteiger partial charge in [0.2, 0.25) is 5.88 Å². The van der Waals surface area contributed by atoms with Crippen molar-refractivity contribution in [2.75, 3.05) is 20.1 Å². The largest absolute Gasteiger partial charge is 0.472 e. The highest BCUT2D eigenvalue weighted by Crippen LogP contribution is 2.47. The molecule has 2 aromatic carbocycles. The van der Waals surface area contributed by atoms with Gasteiger partial charge in [0.05, 0.1) is 23.5 Å². The minimum atomic E-state index is -0.425. The topological polar surface area (TPSA) is 83.2 Å². The van der Waals surface area contributed by atoms with E-state index in [1.54, 1.807) is 6.07 Å². The third-order valence-electron chi connectivity index (χ3n) is 11.0. The Morgan fingerprint density at radius 3 is 2.82 bits per heavy atom. The van der Waals surface area contributed by atoms with Crippen LogP contribution < -0.4 is 15.5 Å². The average molecular weight is 592 g/mol. The molecule has 0 radical (unpaired) electrons. The number of aryl methyl sites for hydroxylation is 2. The van der Waals surface area contributed by atoms with Crippen LogP contribution in [0.1, 0.15) is 67.7 Å². The number of hydrogen-bond acceptors (Lipinski definition) is 6. The number of benzene rings is 2. The smallest absolute Gasteiger partial charge is 0.227 e. The van der Waals surface area contributed by atoms with Gasteiger partial charge in [0.15, 0.2) is 11.2 Å². The molecule has 2 aliphatic carbocycles. The van der Waals surface area contributed by atoms with E-state index in [1.807, 2.05) is 38.2 Å². The Balaban J connectivity index is 1.40. The first-order chi connectivity index (χ1) is 21.4. The zero-order valence-corrected chi connectivity index (χ0v) is 25.6. The van der Waals surface area contributed by atoms with Crippen LogP contribution in [0.5, 0.6) is 5.88 Å². The maximum atomic E-state index is 17.2. The van der Waals surface area contributed by atoms with E-state index in [-0.39, 0.29) is 40.9 Å². The van der Waals surface area contributed by atoms with Crippen molar-refractivity contribution in [1.29, 1.82) is 5.26 Å². The number of nitrogens with zero attached hydrogens (tertiary/aromatic N) is 4. The van der Waals surface area contributed by atoms with Crippen LogP contribution in [0.4, 0.5) is 4.39 Å². The number of nitriles is 1. The van der Waals surface area contributed by atoms with Gasteiger partial charge in [-0.25, -0.2) is 9.37 Å². The number of aromatic nitrogens is 2. The van der Waals surface area contributed by atoms with Crippen molar-refractivity contribution in [2.45, 2.75) is 82.5 Å². The van der Waals surface area contributed by atoms with Crippen molar-refractivity contribution in [1.82, 2.24) is 19.8 Å². The third kappa shape index (κ3) is 4.05. The summed E-state index contributed by atoms with van der Waals surface area (Å²) in [5.74, 6) is -0.0270. The standard InChI is InChI=1S/C36H38FN5O2/c1-19-15-25-33(32(37)29(19)24-10-5-8-21-7-4-9-22(17-38)30(21)24)40-36(44-20(2)27-11-6-13-41(27)3)31-28(43)12-14-42(35(25)31)34-23-16-26(34)39-18-23/h5,8,10,12,14-15,20,22-23,26-27,34,39H,4,6-7,9,11,13,16,18H2,1-3H3/t20-,22?,23+,26+,27?,34-/m0/s1. The van der Waals surface area contributed by atoms with Crippen LogP contribution in [0.2, 0.25) is 0 Å². The molecular formula is C36H38FN5O2. The fraction of sp³-hybridized carbons (Fsp3) is 0.472. The number of nitrogens with one attached hydrogen (secondary N) is 1. The van der Waals surface area contributed by atoms with Gasteiger partial charge >= 0.3 is 0 Å². The fourth-order valence-electron chi connectivity index (χ4n) is 8.79. The van der Waals surface area contributed by atoms with E-state index in [1.165, 1.54) is 0 Å². The summed E-state index contributed by atoms with van der Waals surface area (Å²) in [6.45, 7) is 5.89. The lowest BCUT2D eigenvalue weighted by Gasteiger charge is -2.37. The fourth-order valence-corrected chi connectivity index (χ4v) is 8.79. The maximum Gasteiger partial charge on any atom is 0.227 e. The summed E-state index contributed by atoms with van der Waals surface area (Å²) in [7, 11) is 2.10. The van der Waals surface area contributed by atoms with Crippen molar-refractivity contribution in [3.8, 4) is 23.1 Å². The van der Waals surface area contributed by atoms with Crippen molar-refractivity contribution in [3.05, 3.63) is 69.3 Å². The molecular weight excluding hydrogens is 553 g/mol. The molecule has 5 heterocycles. The number of likely N-dealkylation sites (tertiary alicyclic amines) is 1. The molecule has 6 atom stereocenters. The minimum absolute atomic E-state index is 0.164. The number of ether oxygens (including phenoxy) is 1. The van der Waals surface area contributed by atoms with Crippen LogP contribution >= 0.6 is 0 Å². The SMILES string of the molecule is Cc1cc2c(nc(O[C@@H](C)C3CCCN3C)c3c(=O)ccn([C@H]4[C@H]5CN[C@@H]4C5)c32)c(F)c1-c1cccc2c1C(C#N)CCC2. The zero-order valence-electron chi connectivity index (χ0n) is 25.6. The van der Waals surface area contributed by atoms with Crippen LogP contribution in [0.15, 0.2) is 41.3 Å². The van der Waals surface area contributed by atoms with E-state index in [4.69, 9.17) is 9.72 Å². The summed E-state index contributed by atoms with van der Waals surface area (Å²) in [6.07, 6.45) is 7.45. The van der Waals surface area contributed by atoms with E-state index in [0.29, 0.717) is 33.8 Å². The van der Waals surface area contributed by atoms with Gasteiger partial charge < -0.3 is 14.6 Å². The molecule has 4 aromatic rings. The highest BCUT2D eigenvalue weighted by atomic mass is 19.1. The molecule has 2 aromatic heterocycles. The Labute approximate surface area is 256 Å². The highest BCUT2D eigenvalue weighted by molar-refractivity contribution is 6.07. The third-order valence-corrected chi connectivity index (χ3v) is 11.0. The van der Waals surface area contributed by atoms with Gasteiger partial charge in [0.1, 0.15) is 17.0 Å². The van der Waals surface area contributed by atoms with E-state index in [0.717, 1.165) is 73.9 Å². The second-order valence-corrected chi connectivity index (χ2v) is 13.5. The predicted molar refractivity (Wildman–Crippen MR) is 170 cm³/mol. The van der Waals surface area contributed by atoms with Crippen molar-refractivity contribution >= 4 is 21.8 Å². The second kappa shape index (κ2) is 10.4. The molecule has 1 N–H and O–H groups in total. The first-order valence-corrected chi connectivity index (χ1v) is 16.2. The van der Waals surface area contributed by atoms with Crippen molar-refractivity contribution in [3.63, 3.8) is 0 Å². The molecule has 4 fully saturated rings. The predicted octanol–water partition coefficient (Wildman–Crippen LogP) is 6.00. The molecule has 3 aliphatic heterocycles. The second-order valence-electron chi connectivity index (χ2n) is 13.5. The number of hydrogen-bond donors (Lipinski definition) is 1. The van der Waals surface area contributed by atoms with E-state index in [2.05, 4.69) is 34.0 Å². The van der Waals surface area contributed by atoms with Gasteiger partial charge in [-0.15, -0.1) is 0 Å². The quantitative estimate of drug-likeness (QED) is 0.287. The van der Waals surface area contributed by atoms with Crippen LogP contribution in [0.25, 0.3) is 32.9 Å². The average Bonchev–Trinajstić information content (AvgIpc) is 3.77. The first kappa shape index (κ1) is 27.7. The molecule has 44 heavy (non-hydrogen) atoms. The number of likely N-dealkylation sites (N-methyl/N-ethyl adjacent to an activating group) is 1. The summed E-state index contributed by atoms with van der Waals surface area (Å²) >= 11 is 0.